The lowest BCUT2D eigenvalue weighted by atomic mass is 10.3. The number of hydrogen-bond donors (Lipinski definition) is 0. The first-order valence-electron chi connectivity index (χ1n) is 4.53. The quantitative estimate of drug-likeness (QED) is 0.713. The van der Waals surface area contributed by atoms with E-state index in [4.69, 9.17) is 9.69 Å². The summed E-state index contributed by atoms with van der Waals surface area (Å²) < 4.78 is 5.81. The van der Waals surface area contributed by atoms with E-state index < -0.39 is 8.32 Å². The average molecular weight is 206 g/mol. The summed E-state index contributed by atoms with van der Waals surface area (Å²) in [4.78, 5) is 4.13. The van der Waals surface area contributed by atoms with E-state index in [1.165, 1.54) is 0 Å². The molecule has 0 aliphatic rings. The Morgan fingerprint density at radius 2 is 2.21 bits per heavy atom. The van der Waals surface area contributed by atoms with Crippen LogP contribution in [0.3, 0.4) is 0 Å². The van der Waals surface area contributed by atoms with Gasteiger partial charge in [-0.1, -0.05) is 0 Å². The second-order valence-electron chi connectivity index (χ2n) is 4.00. The third-order valence-electron chi connectivity index (χ3n) is 1.51. The van der Waals surface area contributed by atoms with Gasteiger partial charge in [-0.05, 0) is 31.8 Å². The number of hydrogen-bond acceptors (Lipinski definition) is 3. The third kappa shape index (κ3) is 3.19. The van der Waals surface area contributed by atoms with Gasteiger partial charge in [0.25, 0.3) is 0 Å². The average Bonchev–Trinajstić information content (AvgIpc) is 2.06. The fraction of sp³-hybridized carbons (Fsp3) is 0.400. The zero-order valence-electron chi connectivity index (χ0n) is 8.74. The van der Waals surface area contributed by atoms with Gasteiger partial charge >= 0.3 is 0 Å². The van der Waals surface area contributed by atoms with Crippen molar-refractivity contribution in [2.45, 2.75) is 26.1 Å². The van der Waals surface area contributed by atoms with Crippen molar-refractivity contribution in [3.05, 3.63) is 24.0 Å². The van der Waals surface area contributed by atoms with Gasteiger partial charge in [0, 0.05) is 6.20 Å². The van der Waals surface area contributed by atoms with Gasteiger partial charge in [0.15, 0.2) is 0 Å². The van der Waals surface area contributed by atoms with E-state index in [1.807, 2.05) is 12.1 Å². The summed E-state index contributed by atoms with van der Waals surface area (Å²) in [6.45, 7) is 6.32. The van der Waals surface area contributed by atoms with E-state index in [2.05, 4.69) is 30.7 Å². The highest BCUT2D eigenvalue weighted by Crippen LogP contribution is 2.19. The first kappa shape index (κ1) is 10.7. The molecule has 1 rings (SSSR count). The van der Waals surface area contributed by atoms with E-state index in [0.717, 1.165) is 11.4 Å². The van der Waals surface area contributed by atoms with Crippen LogP contribution in [-0.4, -0.2) is 13.3 Å². The molecule has 0 saturated carbocycles. The Labute approximate surface area is 85.5 Å². The second kappa shape index (κ2) is 4.25. The van der Waals surface area contributed by atoms with Crippen LogP contribution in [0.2, 0.25) is 19.6 Å². The normalized spacial score (nSPS) is 10.7. The Morgan fingerprint density at radius 3 is 2.79 bits per heavy atom. The molecule has 4 heteroatoms. The van der Waals surface area contributed by atoms with Crippen LogP contribution in [0, 0.1) is 11.3 Å². The fourth-order valence-corrected chi connectivity index (χ4v) is 1.90. The van der Waals surface area contributed by atoms with Crippen LogP contribution < -0.4 is 4.43 Å². The molecule has 0 unspecified atom stereocenters. The molecular weight excluding hydrogens is 192 g/mol. The Bertz CT molecular complexity index is 352. The Morgan fingerprint density at radius 1 is 1.50 bits per heavy atom. The molecule has 0 saturated heterocycles. The van der Waals surface area contributed by atoms with Crippen LogP contribution in [0.1, 0.15) is 5.69 Å². The van der Waals surface area contributed by atoms with Gasteiger partial charge < -0.3 is 4.43 Å². The molecule has 3 nitrogen and oxygen atoms in total. The standard InChI is InChI=1S/C10H14N2OSi/c1-14(2,3)13-10-5-4-8-12-9(10)6-7-11/h4-5,8H,6H2,1-3H3. The molecule has 0 aliphatic carbocycles. The maximum Gasteiger partial charge on any atom is 0.242 e. The first-order chi connectivity index (χ1) is 6.53. The molecule has 1 aromatic rings. The molecule has 0 N–H and O–H groups in total. The highest BCUT2D eigenvalue weighted by atomic mass is 28.4. The predicted molar refractivity (Wildman–Crippen MR) is 57.5 cm³/mol. The molecule has 74 valence electrons. The highest BCUT2D eigenvalue weighted by Gasteiger charge is 2.18. The molecule has 14 heavy (non-hydrogen) atoms. The van der Waals surface area contributed by atoms with Crippen molar-refractivity contribution in [2.75, 3.05) is 0 Å². The lowest BCUT2D eigenvalue weighted by molar-refractivity contribution is 0.547. The fourth-order valence-electron chi connectivity index (χ4n) is 1.05. The molecule has 0 amide bonds. The molecular formula is C10H14N2OSi. The summed E-state index contributed by atoms with van der Waals surface area (Å²) in [5.41, 5.74) is 0.734. The van der Waals surface area contributed by atoms with Gasteiger partial charge in [0.05, 0.1) is 18.2 Å². The van der Waals surface area contributed by atoms with Crippen molar-refractivity contribution in [1.29, 1.82) is 5.26 Å². The predicted octanol–water partition coefficient (Wildman–Crippen LogP) is 2.36. The van der Waals surface area contributed by atoms with Crippen molar-refractivity contribution in [2.24, 2.45) is 0 Å². The monoisotopic (exact) mass is 206 g/mol. The van der Waals surface area contributed by atoms with E-state index in [1.54, 1.807) is 6.20 Å². The van der Waals surface area contributed by atoms with Gasteiger partial charge in [-0.25, -0.2) is 0 Å². The highest BCUT2D eigenvalue weighted by molar-refractivity contribution is 6.70. The van der Waals surface area contributed by atoms with E-state index in [0.29, 0.717) is 6.42 Å². The summed E-state index contributed by atoms with van der Waals surface area (Å²) in [5.74, 6) is 0.758. The van der Waals surface area contributed by atoms with E-state index in [-0.39, 0.29) is 0 Å². The zero-order valence-corrected chi connectivity index (χ0v) is 9.74. The third-order valence-corrected chi connectivity index (χ3v) is 2.34. The first-order valence-corrected chi connectivity index (χ1v) is 7.93. The largest absolute Gasteiger partial charge is 0.543 e. The zero-order chi connectivity index (χ0) is 10.6. The minimum Gasteiger partial charge on any atom is -0.543 e. The molecule has 0 atom stereocenters. The smallest absolute Gasteiger partial charge is 0.242 e. The Balaban J connectivity index is 2.91. The molecule has 0 radical (unpaired) electrons. The summed E-state index contributed by atoms with van der Waals surface area (Å²) in [7, 11) is -1.61. The van der Waals surface area contributed by atoms with Crippen LogP contribution in [0.4, 0.5) is 0 Å². The van der Waals surface area contributed by atoms with Crippen LogP contribution in [0.5, 0.6) is 5.75 Å². The molecule has 1 aromatic heterocycles. The van der Waals surface area contributed by atoms with E-state index in [9.17, 15) is 0 Å². The number of pyridine rings is 1. The van der Waals surface area contributed by atoms with Gasteiger partial charge in [-0.2, -0.15) is 5.26 Å². The van der Waals surface area contributed by atoms with Crippen molar-refractivity contribution >= 4 is 8.32 Å². The van der Waals surface area contributed by atoms with Gasteiger partial charge in [-0.3, -0.25) is 4.98 Å². The van der Waals surface area contributed by atoms with Crippen LogP contribution in [0.25, 0.3) is 0 Å². The molecule has 0 aromatic carbocycles. The topological polar surface area (TPSA) is 45.9 Å². The molecule has 0 fully saturated rings. The van der Waals surface area contributed by atoms with Gasteiger partial charge in [-0.15, -0.1) is 0 Å². The summed E-state index contributed by atoms with van der Waals surface area (Å²) >= 11 is 0. The van der Waals surface area contributed by atoms with Crippen molar-refractivity contribution in [3.8, 4) is 11.8 Å². The number of rotatable bonds is 3. The summed E-state index contributed by atoms with van der Waals surface area (Å²) in [5, 5.41) is 8.61. The SMILES string of the molecule is C[Si](C)(C)Oc1cccnc1CC#N. The summed E-state index contributed by atoms with van der Waals surface area (Å²) in [6, 6.07) is 5.79. The number of aromatic nitrogens is 1. The van der Waals surface area contributed by atoms with Crippen LogP contribution in [-0.2, 0) is 6.42 Å². The van der Waals surface area contributed by atoms with E-state index >= 15 is 0 Å². The minimum atomic E-state index is -1.61. The van der Waals surface area contributed by atoms with Crippen molar-refractivity contribution < 1.29 is 4.43 Å². The lowest BCUT2D eigenvalue weighted by Crippen LogP contribution is -2.29. The van der Waals surface area contributed by atoms with Crippen molar-refractivity contribution in [3.63, 3.8) is 0 Å². The van der Waals surface area contributed by atoms with Crippen LogP contribution in [0.15, 0.2) is 18.3 Å². The minimum absolute atomic E-state index is 0.306. The Hall–Kier alpha value is -1.34. The Kier molecular flexibility index (Phi) is 3.26. The number of nitrogens with zero attached hydrogens (tertiary/aromatic N) is 2. The van der Waals surface area contributed by atoms with Crippen LogP contribution >= 0.6 is 0 Å². The molecule has 0 bridgehead atoms. The number of nitriles is 1. The van der Waals surface area contributed by atoms with Gasteiger partial charge in [0.2, 0.25) is 8.32 Å². The maximum absolute atomic E-state index is 8.61. The summed E-state index contributed by atoms with van der Waals surface area (Å²) in [6.07, 6.45) is 1.99. The van der Waals surface area contributed by atoms with Gasteiger partial charge in [0.1, 0.15) is 5.75 Å². The second-order valence-corrected chi connectivity index (χ2v) is 8.43. The maximum atomic E-state index is 8.61. The molecule has 0 aliphatic heterocycles. The molecule has 0 spiro atoms. The lowest BCUT2D eigenvalue weighted by Gasteiger charge is -2.20. The van der Waals surface area contributed by atoms with Crippen molar-refractivity contribution in [1.82, 2.24) is 4.98 Å². The molecule has 1 heterocycles.